The maximum Gasteiger partial charge on any atom is 0.270 e. The second kappa shape index (κ2) is 12.6. The summed E-state index contributed by atoms with van der Waals surface area (Å²) in [4.78, 5) is 30.9. The van der Waals surface area contributed by atoms with Crippen molar-refractivity contribution < 1.29 is 38.7 Å². The summed E-state index contributed by atoms with van der Waals surface area (Å²) in [5.41, 5.74) is 0.686. The minimum absolute atomic E-state index is 0.0369. The Bertz CT molecular complexity index is 1620. The van der Waals surface area contributed by atoms with Crippen molar-refractivity contribution in [1.29, 1.82) is 0 Å². The van der Waals surface area contributed by atoms with Crippen molar-refractivity contribution in [3.05, 3.63) is 47.7 Å². The van der Waals surface area contributed by atoms with E-state index in [0.29, 0.717) is 22.5 Å². The first-order valence-corrected chi connectivity index (χ1v) is 14.2. The van der Waals surface area contributed by atoms with E-state index in [9.17, 15) is 27.2 Å². The molecular formula is C29H37F4N7O3. The predicted molar refractivity (Wildman–Crippen MR) is 148 cm³/mol. The number of nitrogens with one attached hydrogen (secondary N) is 2. The molecule has 2 atom stereocenters. The summed E-state index contributed by atoms with van der Waals surface area (Å²) in [6, 6.07) is 1.16. The molecule has 43 heavy (non-hydrogen) atoms. The molecule has 2 aliphatic rings. The van der Waals surface area contributed by atoms with Crippen LogP contribution in [0.15, 0.2) is 30.7 Å². The Morgan fingerprint density at radius 2 is 1.95 bits per heavy atom. The lowest BCUT2D eigenvalue weighted by Crippen LogP contribution is -2.40. The van der Waals surface area contributed by atoms with Crippen LogP contribution in [0.4, 0.5) is 17.6 Å². The zero-order valence-corrected chi connectivity index (χ0v) is 23.5. The molecule has 0 aromatic carbocycles. The maximum absolute atomic E-state index is 14.1. The maximum atomic E-state index is 14.1. The van der Waals surface area contributed by atoms with Crippen molar-refractivity contribution in [1.82, 2.24) is 35.0 Å². The summed E-state index contributed by atoms with van der Waals surface area (Å²) in [6.45, 7) is -3.98. The number of hydrogen-bond donors (Lipinski definition) is 2. The number of nitrogens with zero attached hydrogens (tertiary/aromatic N) is 5. The van der Waals surface area contributed by atoms with Crippen molar-refractivity contribution in [2.45, 2.75) is 89.1 Å². The molecule has 234 valence electrons. The topological polar surface area (TPSA) is 115 Å². The number of halogens is 4. The van der Waals surface area contributed by atoms with E-state index < -0.39 is 73.8 Å². The van der Waals surface area contributed by atoms with Crippen LogP contribution in [-0.2, 0) is 16.0 Å². The molecule has 3 heterocycles. The highest BCUT2D eigenvalue weighted by Gasteiger charge is 2.46. The van der Waals surface area contributed by atoms with Gasteiger partial charge in [-0.15, -0.1) is 0 Å². The Morgan fingerprint density at radius 1 is 1.19 bits per heavy atom. The van der Waals surface area contributed by atoms with Crippen LogP contribution >= 0.6 is 0 Å². The van der Waals surface area contributed by atoms with Gasteiger partial charge in [0.05, 0.1) is 39.5 Å². The summed E-state index contributed by atoms with van der Waals surface area (Å²) in [7, 11) is 0. The largest absolute Gasteiger partial charge is 0.379 e. The molecule has 5 rings (SSSR count). The van der Waals surface area contributed by atoms with Gasteiger partial charge in [-0.1, -0.05) is 0 Å². The summed E-state index contributed by atoms with van der Waals surface area (Å²) in [5.74, 6) is -7.82. The standard InChI is InChI=1S/C29H37F4N7O3/c1-3-39-23(7-10-34-39)27(42)38-26(19-5-8-28(30,31)9-6-19)21-16-40-24(36-21)12-20(15-35-40)22(17-43-4-2)37-25(41)11-18-13-29(32,33)14-18/h7,10,12,15-16,18-19,22,26H,3-6,8-9,11,13-14,17H2,1-2H3,(H,37,41)(H,38,42)/t22-,26-/m0/s1/i1D3,3D2. The third-order valence-corrected chi connectivity index (χ3v) is 8.05. The smallest absolute Gasteiger partial charge is 0.270 e. The van der Waals surface area contributed by atoms with Gasteiger partial charge in [0.25, 0.3) is 5.91 Å². The van der Waals surface area contributed by atoms with Gasteiger partial charge in [0.2, 0.25) is 17.8 Å². The number of alkyl halides is 4. The number of imidazole rings is 1. The highest BCUT2D eigenvalue weighted by atomic mass is 19.3. The van der Waals surface area contributed by atoms with Crippen molar-refractivity contribution in [3.8, 4) is 0 Å². The molecule has 2 N–H and O–H groups in total. The highest BCUT2D eigenvalue weighted by molar-refractivity contribution is 5.92. The van der Waals surface area contributed by atoms with Gasteiger partial charge in [-0.25, -0.2) is 27.1 Å². The molecule has 0 radical (unpaired) electrons. The summed E-state index contributed by atoms with van der Waals surface area (Å²) < 4.78 is 101. The van der Waals surface area contributed by atoms with Crippen LogP contribution in [0.25, 0.3) is 5.65 Å². The number of fused-ring (bicyclic) bond motifs is 1. The molecule has 2 saturated carbocycles. The van der Waals surface area contributed by atoms with E-state index in [2.05, 4.69) is 25.8 Å². The van der Waals surface area contributed by atoms with Gasteiger partial charge >= 0.3 is 0 Å². The first-order chi connectivity index (χ1) is 22.4. The van der Waals surface area contributed by atoms with Crippen molar-refractivity contribution in [2.75, 3.05) is 13.2 Å². The van der Waals surface area contributed by atoms with Gasteiger partial charge in [0, 0.05) is 61.1 Å². The molecule has 0 unspecified atom stereocenters. The summed E-state index contributed by atoms with van der Waals surface area (Å²) in [6.07, 6.45) is 2.57. The van der Waals surface area contributed by atoms with E-state index >= 15 is 0 Å². The van der Waals surface area contributed by atoms with Gasteiger partial charge in [-0.2, -0.15) is 10.2 Å². The van der Waals surface area contributed by atoms with E-state index in [4.69, 9.17) is 11.6 Å². The summed E-state index contributed by atoms with van der Waals surface area (Å²) >= 11 is 0. The third-order valence-electron chi connectivity index (χ3n) is 8.05. The quantitative estimate of drug-likeness (QED) is 0.282. The molecule has 3 aromatic heterocycles. The Labute approximate surface area is 253 Å². The number of carbonyl (C=O) groups is 2. The van der Waals surface area contributed by atoms with E-state index in [1.807, 2.05) is 0 Å². The molecule has 0 bridgehead atoms. The zero-order chi connectivity index (χ0) is 35.1. The van der Waals surface area contributed by atoms with Crippen LogP contribution in [-0.4, -0.2) is 61.3 Å². The number of aromatic nitrogens is 5. The molecule has 2 amide bonds. The Hall–Kier alpha value is -3.55. The van der Waals surface area contributed by atoms with Crippen LogP contribution in [0.1, 0.15) is 99.4 Å². The van der Waals surface area contributed by atoms with Gasteiger partial charge in [-0.05, 0) is 50.6 Å². The van der Waals surface area contributed by atoms with Crippen molar-refractivity contribution >= 4 is 17.5 Å². The third kappa shape index (κ3) is 7.34. The second-order valence-corrected chi connectivity index (χ2v) is 11.3. The number of aryl methyl sites for hydroxylation is 1. The van der Waals surface area contributed by atoms with Crippen molar-refractivity contribution in [3.63, 3.8) is 0 Å². The lowest BCUT2D eigenvalue weighted by molar-refractivity contribution is -0.134. The number of carbonyl (C=O) groups excluding carboxylic acids is 2. The normalized spacial score (nSPS) is 22.3. The van der Waals surface area contributed by atoms with Gasteiger partial charge < -0.3 is 15.4 Å². The average molecular weight is 613 g/mol. The lowest BCUT2D eigenvalue weighted by atomic mass is 9.79. The average Bonchev–Trinajstić information content (AvgIpc) is 3.64. The van der Waals surface area contributed by atoms with Crippen LogP contribution < -0.4 is 10.6 Å². The first kappa shape index (κ1) is 24.8. The lowest BCUT2D eigenvalue weighted by Gasteiger charge is -2.34. The highest BCUT2D eigenvalue weighted by Crippen LogP contribution is 2.44. The molecule has 3 aromatic rings. The number of hydrogen-bond acceptors (Lipinski definition) is 6. The molecule has 0 spiro atoms. The fourth-order valence-corrected chi connectivity index (χ4v) is 5.76. The number of ether oxygens (including phenoxy) is 1. The van der Waals surface area contributed by atoms with Crippen LogP contribution in [0.3, 0.4) is 0 Å². The van der Waals surface area contributed by atoms with Crippen molar-refractivity contribution in [2.24, 2.45) is 11.8 Å². The van der Waals surface area contributed by atoms with E-state index in [0.717, 1.165) is 12.3 Å². The van der Waals surface area contributed by atoms with Gasteiger partial charge in [0.1, 0.15) is 5.69 Å². The zero-order valence-electron chi connectivity index (χ0n) is 28.5. The molecule has 2 aliphatic carbocycles. The fraction of sp³-hybridized carbons (Fsp3) is 0.621. The monoisotopic (exact) mass is 612 g/mol. The number of amides is 2. The van der Waals surface area contributed by atoms with E-state index in [-0.39, 0.29) is 50.1 Å². The minimum Gasteiger partial charge on any atom is -0.379 e. The second-order valence-electron chi connectivity index (χ2n) is 11.3. The van der Waals surface area contributed by atoms with Crippen LogP contribution in [0, 0.1) is 11.8 Å². The Balaban J connectivity index is 1.41. The molecule has 2 fully saturated rings. The van der Waals surface area contributed by atoms with E-state index in [1.54, 1.807) is 13.0 Å². The van der Waals surface area contributed by atoms with Crippen LogP contribution in [0.2, 0.25) is 0 Å². The molecule has 14 heteroatoms. The number of rotatable bonds is 12. The molecular weight excluding hydrogens is 570 g/mol. The van der Waals surface area contributed by atoms with Crippen LogP contribution in [0.5, 0.6) is 0 Å². The fourth-order valence-electron chi connectivity index (χ4n) is 5.76. The molecule has 10 nitrogen and oxygen atoms in total. The van der Waals surface area contributed by atoms with Gasteiger partial charge in [-0.3, -0.25) is 14.3 Å². The molecule has 0 saturated heterocycles. The molecule has 0 aliphatic heterocycles. The first-order valence-electron chi connectivity index (χ1n) is 16.7. The SMILES string of the molecule is [2H]C([2H])([2H])C([2H])([2H])n1nccc1C(=O)N[C@H](c1cn2ncc([C@H](COCC)NC(=O)CC3CC(F)(F)C3)cc2n1)C1CCC(F)(F)CC1. The Morgan fingerprint density at radius 3 is 2.65 bits per heavy atom. The van der Waals surface area contributed by atoms with Gasteiger partial charge in [0.15, 0.2) is 5.65 Å². The predicted octanol–water partition coefficient (Wildman–Crippen LogP) is 4.87. The van der Waals surface area contributed by atoms with E-state index in [1.165, 1.54) is 16.9 Å². The minimum atomic E-state index is -3.15. The Kier molecular flexibility index (Phi) is 7.27. The summed E-state index contributed by atoms with van der Waals surface area (Å²) in [5, 5.41) is 13.7.